The summed E-state index contributed by atoms with van der Waals surface area (Å²) in [6.45, 7) is 5.16. The van der Waals surface area contributed by atoms with E-state index in [1.807, 2.05) is 18.2 Å². The molecule has 0 aliphatic heterocycles. The lowest BCUT2D eigenvalue weighted by atomic mass is 10.1. The Kier molecular flexibility index (Phi) is 5.68. The van der Waals surface area contributed by atoms with Crippen molar-refractivity contribution in [1.82, 2.24) is 5.32 Å². The molecule has 1 aliphatic carbocycles. The number of ether oxygens (including phenoxy) is 1. The Morgan fingerprint density at radius 3 is 2.68 bits per heavy atom. The van der Waals surface area contributed by atoms with E-state index in [4.69, 9.17) is 16.3 Å². The van der Waals surface area contributed by atoms with Crippen LogP contribution in [0.15, 0.2) is 24.3 Å². The summed E-state index contributed by atoms with van der Waals surface area (Å²) in [6.07, 6.45) is 5.49. The molecule has 1 saturated carbocycles. The lowest BCUT2D eigenvalue weighted by Crippen LogP contribution is -2.30. The number of nitrogens with one attached hydrogen (secondary N) is 1. The normalized spacial score (nSPS) is 18.1. The molecule has 0 radical (unpaired) electrons. The Hall–Kier alpha value is -0.570. The topological polar surface area (TPSA) is 21.3 Å². The number of hydrogen-bond acceptors (Lipinski definition) is 2. The van der Waals surface area contributed by atoms with E-state index in [2.05, 4.69) is 25.2 Å². The number of halogens is 1. The van der Waals surface area contributed by atoms with Gasteiger partial charge < -0.3 is 10.1 Å². The minimum atomic E-state index is 0.101. The average molecular weight is 282 g/mol. The van der Waals surface area contributed by atoms with Crippen molar-refractivity contribution in [2.45, 2.75) is 57.8 Å². The maximum atomic E-state index is 6.28. The van der Waals surface area contributed by atoms with Gasteiger partial charge in [-0.05, 0) is 30.5 Å². The van der Waals surface area contributed by atoms with E-state index >= 15 is 0 Å². The zero-order valence-electron chi connectivity index (χ0n) is 11.9. The summed E-state index contributed by atoms with van der Waals surface area (Å²) in [4.78, 5) is 0. The van der Waals surface area contributed by atoms with Crippen molar-refractivity contribution < 1.29 is 4.74 Å². The fourth-order valence-corrected chi connectivity index (χ4v) is 2.75. The average Bonchev–Trinajstić information content (AvgIpc) is 2.87. The molecule has 1 fully saturated rings. The van der Waals surface area contributed by atoms with Crippen molar-refractivity contribution >= 4 is 11.6 Å². The standard InChI is InChI=1S/C16H24ClNO/c1-12(2)18-11-16(19-15-8-3-4-9-15)13-6-5-7-14(17)10-13/h5-7,10,12,15-16,18H,3-4,8-9,11H2,1-2H3. The molecule has 0 spiro atoms. The first kappa shape index (κ1) is 14.8. The van der Waals surface area contributed by atoms with Gasteiger partial charge in [-0.25, -0.2) is 0 Å². The second kappa shape index (κ2) is 7.28. The molecule has 1 atom stereocenters. The van der Waals surface area contributed by atoms with E-state index in [-0.39, 0.29) is 6.10 Å². The van der Waals surface area contributed by atoms with Gasteiger partial charge in [0.2, 0.25) is 0 Å². The molecule has 2 rings (SSSR count). The molecule has 0 heterocycles. The quantitative estimate of drug-likeness (QED) is 0.838. The van der Waals surface area contributed by atoms with Gasteiger partial charge in [-0.15, -0.1) is 0 Å². The van der Waals surface area contributed by atoms with Gasteiger partial charge in [-0.3, -0.25) is 0 Å². The summed E-state index contributed by atoms with van der Waals surface area (Å²) in [7, 11) is 0. The van der Waals surface area contributed by atoms with Gasteiger partial charge in [-0.1, -0.05) is 50.4 Å². The van der Waals surface area contributed by atoms with Crippen molar-refractivity contribution in [3.05, 3.63) is 34.9 Å². The predicted molar refractivity (Wildman–Crippen MR) is 80.7 cm³/mol. The molecule has 1 unspecified atom stereocenters. The molecular weight excluding hydrogens is 258 g/mol. The second-order valence-electron chi connectivity index (χ2n) is 5.65. The van der Waals surface area contributed by atoms with E-state index in [1.165, 1.54) is 31.2 Å². The summed E-state index contributed by atoms with van der Waals surface area (Å²) in [6, 6.07) is 8.50. The Morgan fingerprint density at radius 2 is 2.05 bits per heavy atom. The SMILES string of the molecule is CC(C)NCC(OC1CCCC1)c1cccc(Cl)c1. The summed E-state index contributed by atoms with van der Waals surface area (Å²) in [5, 5.41) is 4.25. The van der Waals surface area contributed by atoms with Crippen LogP contribution in [-0.4, -0.2) is 18.7 Å². The van der Waals surface area contributed by atoms with Gasteiger partial charge in [-0.2, -0.15) is 0 Å². The molecule has 2 nitrogen and oxygen atoms in total. The lowest BCUT2D eigenvalue weighted by molar-refractivity contribution is -0.00957. The summed E-state index contributed by atoms with van der Waals surface area (Å²) < 4.78 is 6.28. The Labute approximate surface area is 121 Å². The van der Waals surface area contributed by atoms with Gasteiger partial charge in [0, 0.05) is 17.6 Å². The van der Waals surface area contributed by atoms with Crippen LogP contribution < -0.4 is 5.32 Å². The highest BCUT2D eigenvalue weighted by atomic mass is 35.5. The fourth-order valence-electron chi connectivity index (χ4n) is 2.55. The third-order valence-electron chi connectivity index (χ3n) is 3.59. The van der Waals surface area contributed by atoms with E-state index in [0.717, 1.165) is 11.6 Å². The van der Waals surface area contributed by atoms with Crippen molar-refractivity contribution in [2.75, 3.05) is 6.54 Å². The molecule has 19 heavy (non-hydrogen) atoms. The van der Waals surface area contributed by atoms with Crippen LogP contribution in [0.3, 0.4) is 0 Å². The van der Waals surface area contributed by atoms with Gasteiger partial charge in [0.25, 0.3) is 0 Å². The summed E-state index contributed by atoms with van der Waals surface area (Å²) >= 11 is 6.09. The van der Waals surface area contributed by atoms with Crippen LogP contribution in [0.25, 0.3) is 0 Å². The van der Waals surface area contributed by atoms with E-state index in [0.29, 0.717) is 12.1 Å². The van der Waals surface area contributed by atoms with Crippen molar-refractivity contribution in [2.24, 2.45) is 0 Å². The highest BCUT2D eigenvalue weighted by molar-refractivity contribution is 6.30. The van der Waals surface area contributed by atoms with Gasteiger partial charge in [0.15, 0.2) is 0 Å². The van der Waals surface area contributed by atoms with Crippen LogP contribution in [0.2, 0.25) is 5.02 Å². The van der Waals surface area contributed by atoms with Crippen LogP contribution >= 0.6 is 11.6 Å². The maximum Gasteiger partial charge on any atom is 0.0953 e. The third-order valence-corrected chi connectivity index (χ3v) is 3.83. The minimum Gasteiger partial charge on any atom is -0.369 e. The van der Waals surface area contributed by atoms with Crippen LogP contribution in [0.5, 0.6) is 0 Å². The van der Waals surface area contributed by atoms with Gasteiger partial charge in [0.05, 0.1) is 12.2 Å². The first-order valence-corrected chi connectivity index (χ1v) is 7.67. The van der Waals surface area contributed by atoms with Crippen LogP contribution in [0.4, 0.5) is 0 Å². The van der Waals surface area contributed by atoms with Gasteiger partial charge >= 0.3 is 0 Å². The largest absolute Gasteiger partial charge is 0.369 e. The van der Waals surface area contributed by atoms with Gasteiger partial charge in [0.1, 0.15) is 0 Å². The molecule has 0 bridgehead atoms. The van der Waals surface area contributed by atoms with E-state index < -0.39 is 0 Å². The lowest BCUT2D eigenvalue weighted by Gasteiger charge is -2.24. The third kappa shape index (κ3) is 4.79. The Balaban J connectivity index is 2.03. The molecular formula is C16H24ClNO. The van der Waals surface area contributed by atoms with Crippen LogP contribution in [0, 0.1) is 0 Å². The Bertz CT molecular complexity index is 388. The molecule has 0 aromatic heterocycles. The minimum absolute atomic E-state index is 0.101. The summed E-state index contributed by atoms with van der Waals surface area (Å²) in [5.41, 5.74) is 1.17. The Morgan fingerprint density at radius 1 is 1.32 bits per heavy atom. The first-order valence-electron chi connectivity index (χ1n) is 7.29. The van der Waals surface area contributed by atoms with Crippen molar-refractivity contribution in [3.63, 3.8) is 0 Å². The predicted octanol–water partition coefficient (Wildman–Crippen LogP) is 4.34. The highest BCUT2D eigenvalue weighted by Gasteiger charge is 2.21. The molecule has 0 amide bonds. The monoisotopic (exact) mass is 281 g/mol. The number of hydrogen-bond donors (Lipinski definition) is 1. The molecule has 1 aromatic carbocycles. The molecule has 0 saturated heterocycles. The summed E-state index contributed by atoms with van der Waals surface area (Å²) in [5.74, 6) is 0. The molecule has 3 heteroatoms. The zero-order valence-corrected chi connectivity index (χ0v) is 12.6. The van der Waals surface area contributed by atoms with Crippen molar-refractivity contribution in [1.29, 1.82) is 0 Å². The van der Waals surface area contributed by atoms with Crippen LogP contribution in [0.1, 0.15) is 51.2 Å². The second-order valence-corrected chi connectivity index (χ2v) is 6.09. The van der Waals surface area contributed by atoms with E-state index in [1.54, 1.807) is 0 Å². The molecule has 1 aliphatic rings. The molecule has 1 N–H and O–H groups in total. The number of rotatable bonds is 6. The van der Waals surface area contributed by atoms with Crippen LogP contribution in [-0.2, 0) is 4.74 Å². The first-order chi connectivity index (χ1) is 9.15. The molecule has 1 aromatic rings. The van der Waals surface area contributed by atoms with Crippen molar-refractivity contribution in [3.8, 4) is 0 Å². The fraction of sp³-hybridized carbons (Fsp3) is 0.625. The zero-order chi connectivity index (χ0) is 13.7. The number of benzene rings is 1. The smallest absolute Gasteiger partial charge is 0.0953 e. The van der Waals surface area contributed by atoms with E-state index in [9.17, 15) is 0 Å². The maximum absolute atomic E-state index is 6.28. The highest BCUT2D eigenvalue weighted by Crippen LogP contribution is 2.28. The molecule has 106 valence electrons.